The molecule has 0 amide bonds. The zero-order valence-corrected chi connectivity index (χ0v) is 16.6. The maximum atomic E-state index is 11.6. The lowest BCUT2D eigenvalue weighted by Crippen LogP contribution is -2.06. The molecule has 4 heteroatoms. The zero-order chi connectivity index (χ0) is 20.4. The standard InChI is InChI=1S/C25H26O4/c1-16(17-10-11-17)22-13-23(22)18-7-5-8-20(12-18)29-14-19-6-3-4-9-21(19)24(15-28-2)25(26)27/h3-9,12,15,17,22-23H,1,10-11,13-14H2,2H3,(H,26,27). The van der Waals surface area contributed by atoms with Crippen LogP contribution in [0.2, 0.25) is 0 Å². The van der Waals surface area contributed by atoms with Gasteiger partial charge in [-0.15, -0.1) is 0 Å². The maximum absolute atomic E-state index is 11.6. The number of hydrogen-bond donors (Lipinski definition) is 1. The Hall–Kier alpha value is -3.01. The van der Waals surface area contributed by atoms with Crippen molar-refractivity contribution >= 4 is 11.5 Å². The summed E-state index contributed by atoms with van der Waals surface area (Å²) in [7, 11) is 1.44. The SMILES string of the molecule is C=C(C1CC1)C1CC1c1cccc(OCc2ccccc2C(=COC)C(=O)O)c1. The van der Waals surface area contributed by atoms with Crippen LogP contribution in [0.5, 0.6) is 5.75 Å². The van der Waals surface area contributed by atoms with Gasteiger partial charge in [0.15, 0.2) is 0 Å². The van der Waals surface area contributed by atoms with Gasteiger partial charge in [0.05, 0.1) is 13.4 Å². The average molecular weight is 390 g/mol. The van der Waals surface area contributed by atoms with Gasteiger partial charge in [0.2, 0.25) is 0 Å². The van der Waals surface area contributed by atoms with E-state index >= 15 is 0 Å². The highest BCUT2D eigenvalue weighted by Crippen LogP contribution is 2.57. The quantitative estimate of drug-likeness (QED) is 0.353. The fourth-order valence-electron chi connectivity index (χ4n) is 3.98. The van der Waals surface area contributed by atoms with Crippen molar-refractivity contribution in [1.82, 2.24) is 0 Å². The van der Waals surface area contributed by atoms with Crippen LogP contribution < -0.4 is 4.74 Å². The molecular formula is C25H26O4. The van der Waals surface area contributed by atoms with Crippen molar-refractivity contribution in [1.29, 1.82) is 0 Å². The van der Waals surface area contributed by atoms with E-state index < -0.39 is 5.97 Å². The largest absolute Gasteiger partial charge is 0.503 e. The van der Waals surface area contributed by atoms with Crippen LogP contribution in [0.4, 0.5) is 0 Å². The highest BCUT2D eigenvalue weighted by atomic mass is 16.5. The van der Waals surface area contributed by atoms with Crippen LogP contribution in [-0.2, 0) is 16.1 Å². The molecule has 2 fully saturated rings. The van der Waals surface area contributed by atoms with Crippen LogP contribution in [-0.4, -0.2) is 18.2 Å². The third kappa shape index (κ3) is 4.37. The molecule has 2 aromatic rings. The monoisotopic (exact) mass is 390 g/mol. The maximum Gasteiger partial charge on any atom is 0.339 e. The Balaban J connectivity index is 1.46. The van der Waals surface area contributed by atoms with Gasteiger partial charge in [-0.3, -0.25) is 0 Å². The lowest BCUT2D eigenvalue weighted by Gasteiger charge is -2.12. The molecule has 2 aromatic carbocycles. The van der Waals surface area contributed by atoms with Gasteiger partial charge >= 0.3 is 5.97 Å². The minimum atomic E-state index is -1.03. The summed E-state index contributed by atoms with van der Waals surface area (Å²) < 4.78 is 11.0. The van der Waals surface area contributed by atoms with Gasteiger partial charge in [-0.05, 0) is 65.8 Å². The normalized spacial score (nSPS) is 20.8. The molecule has 4 nitrogen and oxygen atoms in total. The Morgan fingerprint density at radius 1 is 1.21 bits per heavy atom. The summed E-state index contributed by atoms with van der Waals surface area (Å²) >= 11 is 0. The summed E-state index contributed by atoms with van der Waals surface area (Å²) in [6.07, 6.45) is 5.05. The Morgan fingerprint density at radius 3 is 2.72 bits per heavy atom. The summed E-state index contributed by atoms with van der Waals surface area (Å²) in [6, 6.07) is 15.6. The van der Waals surface area contributed by atoms with E-state index in [1.807, 2.05) is 30.3 Å². The smallest absolute Gasteiger partial charge is 0.339 e. The lowest BCUT2D eigenvalue weighted by atomic mass is 10.0. The fourth-order valence-corrected chi connectivity index (χ4v) is 3.98. The van der Waals surface area contributed by atoms with E-state index in [4.69, 9.17) is 9.47 Å². The second-order valence-electron chi connectivity index (χ2n) is 7.89. The van der Waals surface area contributed by atoms with E-state index in [2.05, 4.69) is 18.7 Å². The molecule has 0 spiro atoms. The fraction of sp³-hybridized carbons (Fsp3) is 0.320. The summed E-state index contributed by atoms with van der Waals surface area (Å²) in [6.45, 7) is 4.60. The minimum absolute atomic E-state index is 0.111. The molecule has 2 aliphatic rings. The minimum Gasteiger partial charge on any atom is -0.503 e. The molecule has 150 valence electrons. The molecule has 0 aromatic heterocycles. The first-order chi connectivity index (χ1) is 14.1. The zero-order valence-electron chi connectivity index (χ0n) is 16.6. The molecule has 2 saturated carbocycles. The van der Waals surface area contributed by atoms with E-state index in [1.165, 1.54) is 43.8 Å². The summed E-state index contributed by atoms with van der Waals surface area (Å²) in [5, 5.41) is 9.49. The lowest BCUT2D eigenvalue weighted by molar-refractivity contribution is -0.130. The predicted molar refractivity (Wildman–Crippen MR) is 113 cm³/mol. The van der Waals surface area contributed by atoms with Gasteiger partial charge in [-0.1, -0.05) is 48.6 Å². The molecule has 1 N–H and O–H groups in total. The van der Waals surface area contributed by atoms with Crippen molar-refractivity contribution in [3.63, 3.8) is 0 Å². The van der Waals surface area contributed by atoms with E-state index in [-0.39, 0.29) is 12.2 Å². The second-order valence-corrected chi connectivity index (χ2v) is 7.89. The first-order valence-corrected chi connectivity index (χ1v) is 10.0. The number of benzene rings is 2. The van der Waals surface area contributed by atoms with E-state index in [9.17, 15) is 9.90 Å². The number of carboxylic acid groups (broad SMARTS) is 1. The topological polar surface area (TPSA) is 55.8 Å². The van der Waals surface area contributed by atoms with E-state index in [1.54, 1.807) is 6.07 Å². The van der Waals surface area contributed by atoms with Crippen molar-refractivity contribution in [2.45, 2.75) is 31.8 Å². The number of rotatable bonds is 9. The van der Waals surface area contributed by atoms with Crippen LogP contribution in [0, 0.1) is 11.8 Å². The molecule has 0 saturated heterocycles. The number of carbonyl (C=O) groups is 1. The van der Waals surface area contributed by atoms with E-state index in [0.29, 0.717) is 17.4 Å². The van der Waals surface area contributed by atoms with Crippen molar-refractivity contribution in [3.05, 3.63) is 83.6 Å². The average Bonchev–Trinajstić information content (AvgIpc) is 3.64. The van der Waals surface area contributed by atoms with Gasteiger partial charge in [-0.2, -0.15) is 0 Å². The van der Waals surface area contributed by atoms with Gasteiger partial charge in [-0.25, -0.2) is 4.79 Å². The molecule has 4 rings (SSSR count). The van der Waals surface area contributed by atoms with Gasteiger partial charge in [0.25, 0.3) is 0 Å². The van der Waals surface area contributed by atoms with Crippen LogP contribution in [0.1, 0.15) is 41.9 Å². The molecule has 2 atom stereocenters. The first kappa shape index (κ1) is 19.3. The number of aliphatic carboxylic acids is 1. The molecule has 0 aliphatic heterocycles. The van der Waals surface area contributed by atoms with Crippen LogP contribution >= 0.6 is 0 Å². The van der Waals surface area contributed by atoms with Crippen LogP contribution in [0.15, 0.2) is 66.9 Å². The highest BCUT2D eigenvalue weighted by Gasteiger charge is 2.44. The molecule has 0 bridgehead atoms. The molecular weight excluding hydrogens is 364 g/mol. The summed E-state index contributed by atoms with van der Waals surface area (Å²) in [5.74, 6) is 1.70. The summed E-state index contributed by atoms with van der Waals surface area (Å²) in [5.41, 5.74) is 4.24. The van der Waals surface area contributed by atoms with Crippen molar-refractivity contribution < 1.29 is 19.4 Å². The Labute approximate surface area is 171 Å². The van der Waals surface area contributed by atoms with Crippen LogP contribution in [0.25, 0.3) is 5.57 Å². The number of allylic oxidation sites excluding steroid dienone is 1. The van der Waals surface area contributed by atoms with Crippen LogP contribution in [0.3, 0.4) is 0 Å². The molecule has 29 heavy (non-hydrogen) atoms. The third-order valence-corrected chi connectivity index (χ3v) is 5.82. The number of carboxylic acids is 1. The highest BCUT2D eigenvalue weighted by molar-refractivity contribution is 6.15. The summed E-state index contributed by atoms with van der Waals surface area (Å²) in [4.78, 5) is 11.6. The number of methoxy groups -OCH3 is 1. The molecule has 0 radical (unpaired) electrons. The van der Waals surface area contributed by atoms with E-state index in [0.717, 1.165) is 17.2 Å². The number of hydrogen-bond acceptors (Lipinski definition) is 3. The predicted octanol–water partition coefficient (Wildman–Crippen LogP) is 5.41. The first-order valence-electron chi connectivity index (χ1n) is 10.0. The van der Waals surface area contributed by atoms with Gasteiger partial charge in [0, 0.05) is 0 Å². The van der Waals surface area contributed by atoms with Gasteiger partial charge < -0.3 is 14.6 Å². The van der Waals surface area contributed by atoms with Crippen molar-refractivity contribution in [2.24, 2.45) is 11.8 Å². The number of ether oxygens (including phenoxy) is 2. The Morgan fingerprint density at radius 2 is 2.00 bits per heavy atom. The van der Waals surface area contributed by atoms with Crippen molar-refractivity contribution in [2.75, 3.05) is 7.11 Å². The molecule has 2 aliphatic carbocycles. The molecule has 2 unspecified atom stereocenters. The van der Waals surface area contributed by atoms with Crippen molar-refractivity contribution in [3.8, 4) is 5.75 Å². The Bertz CT molecular complexity index is 955. The third-order valence-electron chi connectivity index (χ3n) is 5.82. The second kappa shape index (κ2) is 8.16. The Kier molecular flexibility index (Phi) is 5.43. The van der Waals surface area contributed by atoms with Gasteiger partial charge in [0.1, 0.15) is 17.9 Å². The molecule has 0 heterocycles.